The maximum Gasteiger partial charge on any atom is 0.339 e. The Hall–Kier alpha value is -2.06. The molecule has 1 aliphatic heterocycles. The maximum atomic E-state index is 10.8. The van der Waals surface area contributed by atoms with E-state index in [1.54, 1.807) is 32.9 Å². The zero-order valence-electron chi connectivity index (χ0n) is 33.1. The van der Waals surface area contributed by atoms with E-state index >= 15 is 0 Å². The lowest BCUT2D eigenvalue weighted by Crippen LogP contribution is -2.27. The summed E-state index contributed by atoms with van der Waals surface area (Å²) in [5.41, 5.74) is 5.30. The third kappa shape index (κ3) is 56.3. The summed E-state index contributed by atoms with van der Waals surface area (Å²) in [5.74, 6) is 7.52. The summed E-state index contributed by atoms with van der Waals surface area (Å²) in [7, 11) is 0. The van der Waals surface area contributed by atoms with Gasteiger partial charge in [0.05, 0.1) is 17.8 Å². The third-order valence-electron chi connectivity index (χ3n) is 5.36. The second kappa shape index (κ2) is 42.5. The van der Waals surface area contributed by atoms with Gasteiger partial charge in [0.25, 0.3) is 11.5 Å². The number of carboxylic acid groups (broad SMARTS) is 2. The molecule has 0 radical (unpaired) electrons. The zero-order chi connectivity index (χ0) is 45.6. The molecule has 56 heavy (non-hydrogen) atoms. The van der Waals surface area contributed by atoms with E-state index in [4.69, 9.17) is 31.7 Å². The number of nitrogens with zero attached hydrogens (tertiary/aromatic N) is 4. The number of H-pyrrole nitrogens is 1. The number of carboxylic acids is 2. The van der Waals surface area contributed by atoms with E-state index in [2.05, 4.69) is 132 Å². The number of halogens is 6. The molecule has 1 aliphatic rings. The van der Waals surface area contributed by atoms with Crippen molar-refractivity contribution in [3.05, 3.63) is 51.2 Å². The van der Waals surface area contributed by atoms with Crippen molar-refractivity contribution < 1.29 is 39.1 Å². The number of hydrogen-bond acceptors (Lipinski definition) is 13. The van der Waals surface area contributed by atoms with E-state index in [0.717, 1.165) is 30.4 Å². The van der Waals surface area contributed by atoms with Crippen LogP contribution in [0.5, 0.6) is 0 Å². The molecule has 0 atom stereocenters. The molecule has 24 heteroatoms. The van der Waals surface area contributed by atoms with E-state index in [-0.39, 0.29) is 42.6 Å². The lowest BCUT2D eigenvalue weighted by Gasteiger charge is -2.13. The van der Waals surface area contributed by atoms with Crippen molar-refractivity contribution in [2.75, 3.05) is 6.61 Å². The molecule has 3 rings (SSSR count). The van der Waals surface area contributed by atoms with Gasteiger partial charge in [0.1, 0.15) is 5.78 Å². The number of ketones is 1. The number of carbonyl (C=O) groups excluding carboxylic acids is 2. The van der Waals surface area contributed by atoms with Crippen molar-refractivity contribution in [3.63, 3.8) is 0 Å². The number of hydrazone groups is 1. The summed E-state index contributed by atoms with van der Waals surface area (Å²) in [5, 5.41) is 38.2. The quantitative estimate of drug-likeness (QED) is 0.0777. The number of rotatable bonds is 7. The molecule has 3 heterocycles. The second-order valence-corrected chi connectivity index (χ2v) is 18.5. The van der Waals surface area contributed by atoms with Crippen LogP contribution in [0.2, 0.25) is 5.15 Å². The maximum absolute atomic E-state index is 10.8. The molecule has 17 nitrogen and oxygen atoms in total. The van der Waals surface area contributed by atoms with Gasteiger partial charge >= 0.3 is 11.2 Å². The molecule has 0 saturated carbocycles. The van der Waals surface area contributed by atoms with Crippen molar-refractivity contribution >= 4 is 108 Å². The Labute approximate surface area is 364 Å². The van der Waals surface area contributed by atoms with Crippen LogP contribution in [0, 0.1) is 11.8 Å². The van der Waals surface area contributed by atoms with Crippen LogP contribution in [0.15, 0.2) is 34.2 Å². The first kappa shape index (κ1) is 65.8. The molecule has 1 amide bonds. The Bertz CT molecular complexity index is 1420. The molecule has 2 aromatic rings. The number of aliphatic carboxylic acids is 2. The van der Waals surface area contributed by atoms with Crippen molar-refractivity contribution in [2.24, 2.45) is 28.6 Å². The van der Waals surface area contributed by atoms with Crippen LogP contribution in [0.1, 0.15) is 118 Å². The smallest absolute Gasteiger partial charge is 0.339 e. The molecule has 0 aromatic carbocycles. The van der Waals surface area contributed by atoms with Gasteiger partial charge in [-0.05, 0) is 83.0 Å². The highest BCUT2D eigenvalue weighted by molar-refractivity contribution is 9.93. The fraction of sp³-hybridized carbons (Fsp3) is 0.594. The van der Waals surface area contributed by atoms with Crippen molar-refractivity contribution in [3.8, 4) is 0 Å². The van der Waals surface area contributed by atoms with Gasteiger partial charge in [-0.15, -0.1) is 5.10 Å². The normalized spacial score (nSPS) is 10.8. The van der Waals surface area contributed by atoms with Crippen molar-refractivity contribution in [2.45, 2.75) is 107 Å². The van der Waals surface area contributed by atoms with Crippen LogP contribution in [0.3, 0.4) is 0 Å². The largest absolute Gasteiger partial charge is 0.481 e. The number of amides is 1. The number of nitrogens with one attached hydrogen (secondary N) is 2. The van der Waals surface area contributed by atoms with Gasteiger partial charge in [0, 0.05) is 72.3 Å². The standard InChI is InChI=1S/C7H9ClN2.C7H12N2O.C7H10N2O.C7H12O3.C2H4O2.C2H6O.Br2.Cl3OP.H4N2/c1-5(2)6-3-4-7(8)10-9-6;2*1-5(2)6-3-4-7(10)9-8-6;1-5(2)6(8)3-4-7(9)10;1-2(3)4;1-2-3;1-2;1-5(2,3)4;1-2/h3-5H,1-2H3;5H,3-4H2,1-2H3,(H,9,10);3-5H,1-2H3,(H,9,10);5H,3-4H2,1-2H3,(H,9,10);1H3,(H,3,4);3H,2H2,1H3;;;1-2H2. The van der Waals surface area contributed by atoms with E-state index in [1.165, 1.54) is 6.07 Å². The van der Waals surface area contributed by atoms with Gasteiger partial charge in [-0.1, -0.05) is 67.0 Å². The number of aliphatic hydroxyl groups is 1. The van der Waals surface area contributed by atoms with Crippen molar-refractivity contribution in [1.29, 1.82) is 0 Å². The Balaban J connectivity index is -0.000000132. The highest BCUT2D eigenvalue weighted by Gasteiger charge is 2.13. The van der Waals surface area contributed by atoms with E-state index in [1.807, 2.05) is 19.9 Å². The van der Waals surface area contributed by atoms with Crippen molar-refractivity contribution in [1.82, 2.24) is 25.8 Å². The predicted molar refractivity (Wildman–Crippen MR) is 234 cm³/mol. The Morgan fingerprint density at radius 3 is 1.54 bits per heavy atom. The van der Waals surface area contributed by atoms with Crippen LogP contribution >= 0.6 is 78.8 Å². The first-order valence-corrected chi connectivity index (χ1v) is 24.9. The van der Waals surface area contributed by atoms with Gasteiger partial charge < -0.3 is 15.3 Å². The number of carbonyl (C=O) groups is 4. The van der Waals surface area contributed by atoms with E-state index in [0.29, 0.717) is 29.3 Å². The molecular formula is C32H57Br2Cl4N8O9P. The summed E-state index contributed by atoms with van der Waals surface area (Å²) >= 11 is 24.9. The topological polar surface area (TPSA) is 294 Å². The van der Waals surface area contributed by atoms with Gasteiger partial charge in [0.2, 0.25) is 5.91 Å². The van der Waals surface area contributed by atoms with Crippen LogP contribution in [0.25, 0.3) is 0 Å². The average molecular weight is 1030 g/mol. The fourth-order valence-electron chi connectivity index (χ4n) is 2.74. The Kier molecular flexibility index (Phi) is 50.0. The predicted octanol–water partition coefficient (Wildman–Crippen LogP) is 8.54. The first-order chi connectivity index (χ1) is 25.8. The van der Waals surface area contributed by atoms with E-state index in [9.17, 15) is 23.7 Å². The molecule has 9 N–H and O–H groups in total. The van der Waals surface area contributed by atoms with Crippen LogP contribution in [0.4, 0.5) is 0 Å². The monoisotopic (exact) mass is 1030 g/mol. The molecule has 0 bridgehead atoms. The molecule has 326 valence electrons. The number of Topliss-reactive ketones (excluding diaryl/α,β-unsaturated/α-hetero) is 1. The Morgan fingerprint density at radius 2 is 1.27 bits per heavy atom. The first-order valence-electron chi connectivity index (χ1n) is 16.4. The Morgan fingerprint density at radius 1 is 0.839 bits per heavy atom. The number of aromatic nitrogens is 4. The minimum absolute atomic E-state index is 0.0161. The minimum Gasteiger partial charge on any atom is -0.481 e. The molecule has 2 aromatic heterocycles. The van der Waals surface area contributed by atoms with Gasteiger partial charge in [0.15, 0.2) is 5.15 Å². The SMILES string of the molecule is BrBr.CC(=O)O.CC(C)C(=O)CCC(=O)O.CC(C)C1=NNC(=O)CC1.CC(C)c1ccc(=O)[nH]n1.CC(C)c1ccc(Cl)nn1.CCO.NN.O=P(Cl)(Cl)Cl. The summed E-state index contributed by atoms with van der Waals surface area (Å²) in [6.07, 6.45) is 1.53. The van der Waals surface area contributed by atoms with Gasteiger partial charge in [-0.3, -0.25) is 40.2 Å². The molecule has 0 aliphatic carbocycles. The van der Waals surface area contributed by atoms with Gasteiger partial charge in [-0.25, -0.2) is 10.5 Å². The molecule has 0 fully saturated rings. The lowest BCUT2D eigenvalue weighted by molar-refractivity contribution is -0.139. The van der Waals surface area contributed by atoms with Crippen LogP contribution in [-0.2, 0) is 23.7 Å². The molecular weight excluding hydrogens is 973 g/mol. The van der Waals surface area contributed by atoms with Crippen LogP contribution < -0.4 is 22.7 Å². The zero-order valence-corrected chi connectivity index (χ0v) is 40.2. The summed E-state index contributed by atoms with van der Waals surface area (Å²) in [4.78, 5) is 50.9. The number of aliphatic hydroxyl groups excluding tert-OH is 1. The highest BCUT2D eigenvalue weighted by Crippen LogP contribution is 2.61. The number of hydrogen-bond donors (Lipinski definition) is 7. The van der Waals surface area contributed by atoms with Gasteiger partial charge in [-0.2, -0.15) is 15.3 Å². The fourth-order valence-corrected chi connectivity index (χ4v) is 2.84. The lowest BCUT2D eigenvalue weighted by atomic mass is 10.0. The summed E-state index contributed by atoms with van der Waals surface area (Å²) in [6, 6.07) is 6.87. The highest BCUT2D eigenvalue weighted by atomic mass is 80.9. The second-order valence-electron chi connectivity index (χ2n) is 11.5. The number of aromatic amines is 1. The summed E-state index contributed by atoms with van der Waals surface area (Å²) in [6.45, 7) is 18.9. The summed E-state index contributed by atoms with van der Waals surface area (Å²) < 4.78 is 9.51. The molecule has 0 unspecified atom stereocenters. The van der Waals surface area contributed by atoms with E-state index < -0.39 is 17.1 Å². The average Bonchev–Trinajstić information content (AvgIpc) is 3.10. The third-order valence-corrected chi connectivity index (χ3v) is 5.57. The molecule has 0 spiro atoms. The molecule has 0 saturated heterocycles. The number of nitrogens with two attached hydrogens (primary N) is 2. The number of hydrazine groups is 1. The minimum atomic E-state index is -3.22. The van der Waals surface area contributed by atoms with Crippen LogP contribution in [-0.4, -0.2) is 71.7 Å².